The van der Waals surface area contributed by atoms with E-state index in [4.69, 9.17) is 15.2 Å². The third-order valence-electron chi connectivity index (χ3n) is 2.23. The van der Waals surface area contributed by atoms with E-state index in [0.29, 0.717) is 12.5 Å². The summed E-state index contributed by atoms with van der Waals surface area (Å²) in [5.74, 6) is 0.690. The lowest BCUT2D eigenvalue weighted by Crippen LogP contribution is -2.41. The molecule has 3 heteroatoms. The Morgan fingerprint density at radius 2 is 2.17 bits per heavy atom. The Labute approximate surface area is 74.2 Å². The smallest absolute Gasteiger partial charge is 0.0776 e. The molecule has 0 radical (unpaired) electrons. The minimum absolute atomic E-state index is 0.0439. The molecular weight excluding hydrogens is 154 g/mol. The topological polar surface area (TPSA) is 44.5 Å². The van der Waals surface area contributed by atoms with E-state index in [1.54, 1.807) is 7.11 Å². The molecule has 1 rings (SSSR count). The van der Waals surface area contributed by atoms with Crippen molar-refractivity contribution < 1.29 is 9.47 Å². The number of hydrogen-bond acceptors (Lipinski definition) is 3. The van der Waals surface area contributed by atoms with Gasteiger partial charge in [-0.2, -0.15) is 0 Å². The summed E-state index contributed by atoms with van der Waals surface area (Å²) >= 11 is 0. The van der Waals surface area contributed by atoms with Crippen LogP contribution in [0.2, 0.25) is 0 Å². The summed E-state index contributed by atoms with van der Waals surface area (Å²) in [4.78, 5) is 0. The molecule has 0 aromatic carbocycles. The van der Waals surface area contributed by atoms with Gasteiger partial charge in [-0.15, -0.1) is 0 Å². The third-order valence-corrected chi connectivity index (χ3v) is 2.23. The molecule has 0 saturated heterocycles. The molecule has 0 aromatic heterocycles. The summed E-state index contributed by atoms with van der Waals surface area (Å²) in [7, 11) is 1.68. The van der Waals surface area contributed by atoms with E-state index in [0.717, 1.165) is 6.61 Å². The van der Waals surface area contributed by atoms with Crippen molar-refractivity contribution in [2.45, 2.75) is 31.9 Å². The third kappa shape index (κ3) is 2.73. The van der Waals surface area contributed by atoms with E-state index in [1.165, 1.54) is 12.8 Å². The van der Waals surface area contributed by atoms with Gasteiger partial charge in [0.2, 0.25) is 0 Å². The summed E-state index contributed by atoms with van der Waals surface area (Å²) in [6.07, 6.45) is 2.75. The van der Waals surface area contributed by atoms with Gasteiger partial charge in [0.05, 0.1) is 18.8 Å². The van der Waals surface area contributed by atoms with Crippen LogP contribution in [0.25, 0.3) is 0 Å². The van der Waals surface area contributed by atoms with E-state index >= 15 is 0 Å². The number of ether oxygens (including phenoxy) is 2. The second kappa shape index (κ2) is 4.80. The highest BCUT2D eigenvalue weighted by atomic mass is 16.5. The van der Waals surface area contributed by atoms with Gasteiger partial charge in [-0.05, 0) is 25.7 Å². The minimum atomic E-state index is 0.0439. The minimum Gasteiger partial charge on any atom is -0.383 e. The maximum absolute atomic E-state index is 5.91. The van der Waals surface area contributed by atoms with Crippen LogP contribution in [-0.4, -0.2) is 32.5 Å². The molecule has 0 aliphatic heterocycles. The molecule has 0 amide bonds. The zero-order chi connectivity index (χ0) is 8.97. The van der Waals surface area contributed by atoms with Crippen molar-refractivity contribution in [3.8, 4) is 0 Å². The van der Waals surface area contributed by atoms with Crippen molar-refractivity contribution in [1.29, 1.82) is 0 Å². The zero-order valence-electron chi connectivity index (χ0n) is 7.95. The fourth-order valence-corrected chi connectivity index (χ4v) is 1.51. The van der Waals surface area contributed by atoms with Crippen molar-refractivity contribution in [1.82, 2.24) is 0 Å². The Bertz CT molecular complexity index is 126. The summed E-state index contributed by atoms with van der Waals surface area (Å²) in [6, 6.07) is 0.0439. The maximum Gasteiger partial charge on any atom is 0.0776 e. The van der Waals surface area contributed by atoms with Crippen LogP contribution in [-0.2, 0) is 9.47 Å². The van der Waals surface area contributed by atoms with E-state index < -0.39 is 0 Å². The van der Waals surface area contributed by atoms with Crippen LogP contribution in [0, 0.1) is 5.92 Å². The number of rotatable bonds is 6. The second-order valence-electron chi connectivity index (χ2n) is 3.38. The van der Waals surface area contributed by atoms with Crippen molar-refractivity contribution in [3.63, 3.8) is 0 Å². The normalized spacial score (nSPS) is 22.2. The van der Waals surface area contributed by atoms with Crippen LogP contribution in [0.3, 0.4) is 0 Å². The van der Waals surface area contributed by atoms with E-state index in [2.05, 4.69) is 0 Å². The summed E-state index contributed by atoms with van der Waals surface area (Å²) in [5.41, 5.74) is 5.91. The molecule has 12 heavy (non-hydrogen) atoms. The van der Waals surface area contributed by atoms with Gasteiger partial charge in [0.25, 0.3) is 0 Å². The van der Waals surface area contributed by atoms with Crippen LogP contribution in [0.4, 0.5) is 0 Å². The highest BCUT2D eigenvalue weighted by Crippen LogP contribution is 2.35. The summed E-state index contributed by atoms with van der Waals surface area (Å²) in [6.45, 7) is 3.36. The van der Waals surface area contributed by atoms with Gasteiger partial charge in [-0.3, -0.25) is 0 Å². The standard InChI is InChI=1S/C9H19NO2/c1-3-12-9(7-4-5-7)8(10)6-11-2/h7-9H,3-6,10H2,1-2H3. The molecule has 1 fully saturated rings. The molecule has 72 valence electrons. The first-order valence-corrected chi connectivity index (χ1v) is 4.65. The summed E-state index contributed by atoms with van der Waals surface area (Å²) in [5, 5.41) is 0. The molecular formula is C9H19NO2. The highest BCUT2D eigenvalue weighted by molar-refractivity contribution is 4.88. The molecule has 0 spiro atoms. The molecule has 0 heterocycles. The molecule has 2 N–H and O–H groups in total. The fourth-order valence-electron chi connectivity index (χ4n) is 1.51. The van der Waals surface area contributed by atoms with Crippen LogP contribution < -0.4 is 5.73 Å². The maximum atomic E-state index is 5.91. The first-order valence-electron chi connectivity index (χ1n) is 4.65. The number of nitrogens with two attached hydrogens (primary N) is 1. The van der Waals surface area contributed by atoms with Gasteiger partial charge in [-0.25, -0.2) is 0 Å². The second-order valence-corrected chi connectivity index (χ2v) is 3.38. The average Bonchev–Trinajstić information content (AvgIpc) is 2.83. The molecule has 1 aliphatic rings. The van der Waals surface area contributed by atoms with Gasteiger partial charge in [0.15, 0.2) is 0 Å². The Hall–Kier alpha value is -0.120. The van der Waals surface area contributed by atoms with Gasteiger partial charge < -0.3 is 15.2 Å². The quantitative estimate of drug-likeness (QED) is 0.645. The van der Waals surface area contributed by atoms with E-state index in [1.807, 2.05) is 6.92 Å². The van der Waals surface area contributed by atoms with Crippen molar-refractivity contribution >= 4 is 0 Å². The van der Waals surface area contributed by atoms with Crippen LogP contribution in [0.15, 0.2) is 0 Å². The number of hydrogen-bond donors (Lipinski definition) is 1. The van der Waals surface area contributed by atoms with Crippen LogP contribution in [0.1, 0.15) is 19.8 Å². The summed E-state index contributed by atoms with van der Waals surface area (Å²) < 4.78 is 10.6. The molecule has 0 bridgehead atoms. The van der Waals surface area contributed by atoms with Crippen molar-refractivity contribution in [2.75, 3.05) is 20.3 Å². The molecule has 0 aromatic rings. The van der Waals surface area contributed by atoms with Crippen LogP contribution >= 0.6 is 0 Å². The van der Waals surface area contributed by atoms with E-state index in [9.17, 15) is 0 Å². The molecule has 1 aliphatic carbocycles. The lowest BCUT2D eigenvalue weighted by atomic mass is 10.1. The predicted octanol–water partition coefficient (Wildman–Crippen LogP) is 0.775. The first kappa shape index (κ1) is 9.96. The molecule has 3 nitrogen and oxygen atoms in total. The van der Waals surface area contributed by atoms with E-state index in [-0.39, 0.29) is 12.1 Å². The average molecular weight is 173 g/mol. The van der Waals surface area contributed by atoms with Gasteiger partial charge in [-0.1, -0.05) is 0 Å². The van der Waals surface area contributed by atoms with Crippen LogP contribution in [0.5, 0.6) is 0 Å². The Morgan fingerprint density at radius 3 is 2.58 bits per heavy atom. The lowest BCUT2D eigenvalue weighted by molar-refractivity contribution is 0.00783. The Kier molecular flexibility index (Phi) is 3.98. The fraction of sp³-hybridized carbons (Fsp3) is 1.00. The predicted molar refractivity (Wildman–Crippen MR) is 48.0 cm³/mol. The molecule has 2 atom stereocenters. The largest absolute Gasteiger partial charge is 0.383 e. The van der Waals surface area contributed by atoms with Gasteiger partial charge >= 0.3 is 0 Å². The highest BCUT2D eigenvalue weighted by Gasteiger charge is 2.35. The Morgan fingerprint density at radius 1 is 1.50 bits per heavy atom. The molecule has 1 saturated carbocycles. The Balaban J connectivity index is 2.29. The molecule has 2 unspecified atom stereocenters. The first-order chi connectivity index (χ1) is 5.79. The number of methoxy groups -OCH3 is 1. The SMILES string of the molecule is CCOC(C(N)COC)C1CC1. The monoisotopic (exact) mass is 173 g/mol. The van der Waals surface area contributed by atoms with Gasteiger partial charge in [0, 0.05) is 13.7 Å². The van der Waals surface area contributed by atoms with Crippen molar-refractivity contribution in [3.05, 3.63) is 0 Å². The van der Waals surface area contributed by atoms with Crippen molar-refractivity contribution in [2.24, 2.45) is 11.7 Å². The lowest BCUT2D eigenvalue weighted by Gasteiger charge is -2.22. The van der Waals surface area contributed by atoms with Gasteiger partial charge in [0.1, 0.15) is 0 Å². The zero-order valence-corrected chi connectivity index (χ0v) is 7.95.